The lowest BCUT2D eigenvalue weighted by atomic mass is 10.1. The molecule has 0 amide bonds. The molecule has 0 aliphatic rings. The van der Waals surface area contributed by atoms with Gasteiger partial charge in [0.1, 0.15) is 11.5 Å². The van der Waals surface area contributed by atoms with Crippen molar-refractivity contribution in [3.05, 3.63) is 58.1 Å². The summed E-state index contributed by atoms with van der Waals surface area (Å²) in [5, 5.41) is 3.22. The monoisotopic (exact) mass is 319 g/mol. The first-order valence-electron chi connectivity index (χ1n) is 6.31. The fraction of sp³-hybridized carbons (Fsp3) is 0.250. The van der Waals surface area contributed by atoms with E-state index in [9.17, 15) is 0 Å². The number of aryl methyl sites for hydroxylation is 1. The number of hydrogen-bond donors (Lipinski definition) is 1. The van der Waals surface area contributed by atoms with Crippen LogP contribution in [0.25, 0.3) is 0 Å². The fourth-order valence-electron chi connectivity index (χ4n) is 1.81. The molecule has 1 atom stereocenters. The van der Waals surface area contributed by atoms with Gasteiger partial charge in [-0.05, 0) is 72.2 Å². The summed E-state index contributed by atoms with van der Waals surface area (Å²) in [6.07, 6.45) is 0. The maximum atomic E-state index is 5.87. The molecule has 2 rings (SSSR count). The second-order valence-corrected chi connectivity index (χ2v) is 5.47. The molecule has 0 aromatic heterocycles. The average molecular weight is 320 g/mol. The van der Waals surface area contributed by atoms with E-state index in [0.717, 1.165) is 16.0 Å². The summed E-state index contributed by atoms with van der Waals surface area (Å²) in [6.45, 7) is 4.19. The van der Waals surface area contributed by atoms with E-state index in [2.05, 4.69) is 47.2 Å². The summed E-state index contributed by atoms with van der Waals surface area (Å²) < 4.78 is 6.84. The lowest BCUT2D eigenvalue weighted by Gasteiger charge is -2.12. The van der Waals surface area contributed by atoms with Crippen LogP contribution in [0, 0.1) is 6.92 Å². The van der Waals surface area contributed by atoms with Crippen molar-refractivity contribution in [1.29, 1.82) is 0 Å². The minimum absolute atomic E-state index is 0.347. The van der Waals surface area contributed by atoms with Gasteiger partial charge in [-0.15, -0.1) is 0 Å². The molecule has 2 aromatic carbocycles. The fourth-order valence-corrected chi connectivity index (χ4v) is 2.38. The summed E-state index contributed by atoms with van der Waals surface area (Å²) >= 11 is 3.52. The van der Waals surface area contributed by atoms with E-state index in [0.29, 0.717) is 6.04 Å². The van der Waals surface area contributed by atoms with Crippen LogP contribution in [0.2, 0.25) is 0 Å². The second-order valence-electron chi connectivity index (χ2n) is 4.62. The standard InChI is InChI=1S/C16H18BrNO/c1-11-4-9-16(15(17)10-11)19-14-7-5-13(6-8-14)12(2)18-3/h4-10,12,18H,1-3H3. The molecule has 1 N–H and O–H groups in total. The Morgan fingerprint density at radius 3 is 2.37 bits per heavy atom. The second kappa shape index (κ2) is 6.22. The number of halogens is 1. The van der Waals surface area contributed by atoms with Gasteiger partial charge in [0.2, 0.25) is 0 Å². The van der Waals surface area contributed by atoms with Gasteiger partial charge in [0.15, 0.2) is 0 Å². The Kier molecular flexibility index (Phi) is 4.61. The molecule has 0 bridgehead atoms. The van der Waals surface area contributed by atoms with E-state index in [4.69, 9.17) is 4.74 Å². The van der Waals surface area contributed by atoms with Crippen molar-refractivity contribution in [3.8, 4) is 11.5 Å². The SMILES string of the molecule is CNC(C)c1ccc(Oc2ccc(C)cc2Br)cc1. The Hall–Kier alpha value is -1.32. The predicted molar refractivity (Wildman–Crippen MR) is 82.9 cm³/mol. The Morgan fingerprint density at radius 1 is 1.11 bits per heavy atom. The normalized spacial score (nSPS) is 12.2. The summed E-state index contributed by atoms with van der Waals surface area (Å²) in [5.41, 5.74) is 2.45. The van der Waals surface area contributed by atoms with Gasteiger partial charge in [-0.1, -0.05) is 18.2 Å². The highest BCUT2D eigenvalue weighted by atomic mass is 79.9. The van der Waals surface area contributed by atoms with E-state index in [-0.39, 0.29) is 0 Å². The van der Waals surface area contributed by atoms with Crippen molar-refractivity contribution < 1.29 is 4.74 Å². The van der Waals surface area contributed by atoms with E-state index in [1.165, 1.54) is 11.1 Å². The third-order valence-electron chi connectivity index (χ3n) is 3.13. The Balaban J connectivity index is 2.15. The zero-order chi connectivity index (χ0) is 13.8. The van der Waals surface area contributed by atoms with Crippen LogP contribution in [0.3, 0.4) is 0 Å². The molecule has 0 heterocycles. The molecule has 0 fully saturated rings. The Labute approximate surface area is 122 Å². The maximum Gasteiger partial charge on any atom is 0.141 e. The first-order chi connectivity index (χ1) is 9.10. The quantitative estimate of drug-likeness (QED) is 0.871. The maximum absolute atomic E-state index is 5.87. The molecule has 0 saturated heterocycles. The van der Waals surface area contributed by atoms with Crippen LogP contribution in [-0.4, -0.2) is 7.05 Å². The Morgan fingerprint density at radius 2 is 1.79 bits per heavy atom. The van der Waals surface area contributed by atoms with Crippen LogP contribution < -0.4 is 10.1 Å². The lowest BCUT2D eigenvalue weighted by Crippen LogP contribution is -2.11. The van der Waals surface area contributed by atoms with Crippen molar-refractivity contribution in [1.82, 2.24) is 5.32 Å². The van der Waals surface area contributed by atoms with Crippen LogP contribution in [0.4, 0.5) is 0 Å². The molecule has 0 spiro atoms. The predicted octanol–water partition coefficient (Wildman–Crippen LogP) is 4.83. The number of hydrogen-bond acceptors (Lipinski definition) is 2. The highest BCUT2D eigenvalue weighted by molar-refractivity contribution is 9.10. The van der Waals surface area contributed by atoms with E-state index < -0.39 is 0 Å². The van der Waals surface area contributed by atoms with E-state index in [1.807, 2.05) is 37.4 Å². The number of nitrogens with one attached hydrogen (secondary N) is 1. The van der Waals surface area contributed by atoms with E-state index >= 15 is 0 Å². The van der Waals surface area contributed by atoms with Gasteiger partial charge in [0.05, 0.1) is 4.47 Å². The first kappa shape index (κ1) is 14.1. The first-order valence-corrected chi connectivity index (χ1v) is 7.10. The van der Waals surface area contributed by atoms with Crippen molar-refractivity contribution in [2.24, 2.45) is 0 Å². The molecule has 0 aliphatic heterocycles. The molecule has 0 radical (unpaired) electrons. The molecule has 2 nitrogen and oxygen atoms in total. The van der Waals surface area contributed by atoms with Crippen molar-refractivity contribution in [2.75, 3.05) is 7.05 Å². The van der Waals surface area contributed by atoms with Crippen molar-refractivity contribution in [3.63, 3.8) is 0 Å². The number of ether oxygens (including phenoxy) is 1. The molecular formula is C16H18BrNO. The van der Waals surface area contributed by atoms with Crippen molar-refractivity contribution >= 4 is 15.9 Å². The topological polar surface area (TPSA) is 21.3 Å². The van der Waals surface area contributed by atoms with Crippen LogP contribution in [-0.2, 0) is 0 Å². The summed E-state index contributed by atoms with van der Waals surface area (Å²) in [5.74, 6) is 1.68. The zero-order valence-corrected chi connectivity index (χ0v) is 13.0. The van der Waals surface area contributed by atoms with Gasteiger partial charge >= 0.3 is 0 Å². The minimum Gasteiger partial charge on any atom is -0.456 e. The van der Waals surface area contributed by atoms with Crippen LogP contribution in [0.15, 0.2) is 46.9 Å². The molecule has 0 saturated carbocycles. The van der Waals surface area contributed by atoms with Gasteiger partial charge in [-0.25, -0.2) is 0 Å². The number of rotatable bonds is 4. The zero-order valence-electron chi connectivity index (χ0n) is 11.4. The summed E-state index contributed by atoms with van der Waals surface area (Å²) in [7, 11) is 1.96. The van der Waals surface area contributed by atoms with Crippen LogP contribution in [0.1, 0.15) is 24.1 Å². The van der Waals surface area contributed by atoms with Gasteiger partial charge in [-0.2, -0.15) is 0 Å². The largest absolute Gasteiger partial charge is 0.456 e. The lowest BCUT2D eigenvalue weighted by molar-refractivity contribution is 0.479. The average Bonchev–Trinajstić information content (AvgIpc) is 2.42. The molecule has 1 unspecified atom stereocenters. The molecule has 2 aromatic rings. The van der Waals surface area contributed by atoms with Gasteiger partial charge in [0.25, 0.3) is 0 Å². The van der Waals surface area contributed by atoms with Crippen LogP contribution in [0.5, 0.6) is 11.5 Å². The van der Waals surface area contributed by atoms with E-state index in [1.54, 1.807) is 0 Å². The highest BCUT2D eigenvalue weighted by Gasteiger charge is 2.05. The molecule has 0 aliphatic carbocycles. The summed E-state index contributed by atoms with van der Waals surface area (Å²) in [4.78, 5) is 0. The molecule has 19 heavy (non-hydrogen) atoms. The third-order valence-corrected chi connectivity index (χ3v) is 3.75. The summed E-state index contributed by atoms with van der Waals surface area (Å²) in [6, 6.07) is 14.6. The van der Waals surface area contributed by atoms with Gasteiger partial charge in [-0.3, -0.25) is 0 Å². The number of benzene rings is 2. The third kappa shape index (κ3) is 3.58. The van der Waals surface area contributed by atoms with Gasteiger partial charge in [0, 0.05) is 6.04 Å². The molecule has 100 valence electrons. The minimum atomic E-state index is 0.347. The smallest absolute Gasteiger partial charge is 0.141 e. The molecule has 3 heteroatoms. The highest BCUT2D eigenvalue weighted by Crippen LogP contribution is 2.30. The van der Waals surface area contributed by atoms with Gasteiger partial charge < -0.3 is 10.1 Å². The van der Waals surface area contributed by atoms with Crippen molar-refractivity contribution in [2.45, 2.75) is 19.9 Å². The Bertz CT molecular complexity index is 551. The van der Waals surface area contributed by atoms with Crippen LogP contribution >= 0.6 is 15.9 Å². The molecular weight excluding hydrogens is 302 g/mol.